The van der Waals surface area contributed by atoms with E-state index in [-0.39, 0.29) is 6.04 Å². The third-order valence-electron chi connectivity index (χ3n) is 3.36. The van der Waals surface area contributed by atoms with E-state index >= 15 is 0 Å². The minimum Gasteiger partial charge on any atom is -0.493 e. The van der Waals surface area contributed by atoms with E-state index in [2.05, 4.69) is 11.4 Å². The van der Waals surface area contributed by atoms with Crippen LogP contribution in [0.15, 0.2) is 18.2 Å². The molecule has 3 nitrogen and oxygen atoms in total. The van der Waals surface area contributed by atoms with E-state index in [0.717, 1.165) is 30.9 Å². The van der Waals surface area contributed by atoms with Gasteiger partial charge < -0.3 is 14.8 Å². The van der Waals surface area contributed by atoms with Crippen molar-refractivity contribution < 1.29 is 18.3 Å². The maximum absolute atomic E-state index is 12.0. The van der Waals surface area contributed by atoms with Crippen molar-refractivity contribution in [2.75, 3.05) is 26.4 Å². The number of benzene rings is 1. The van der Waals surface area contributed by atoms with E-state index in [1.807, 2.05) is 19.1 Å². The van der Waals surface area contributed by atoms with Crippen LogP contribution in [0.25, 0.3) is 0 Å². The highest BCUT2D eigenvalue weighted by atomic mass is 19.3. The second-order valence-corrected chi connectivity index (χ2v) is 4.83. The average Bonchev–Trinajstić information content (AvgIpc) is 2.89. The first kappa shape index (κ1) is 15.2. The minimum absolute atomic E-state index is 0.128. The molecule has 1 heterocycles. The smallest absolute Gasteiger partial charge is 0.261 e. The van der Waals surface area contributed by atoms with Gasteiger partial charge in [-0.3, -0.25) is 0 Å². The number of fused-ring (bicyclic) bond motifs is 1. The Morgan fingerprint density at radius 3 is 3.00 bits per heavy atom. The standard InChI is InChI=1S/C15H21F2NO2/c1-2-18-13(6-7-19-10-15(16)17)11-3-4-14-12(9-11)5-8-20-14/h3-4,9,13,15,18H,2,5-8,10H2,1H3. The number of ether oxygens (including phenoxy) is 2. The van der Waals surface area contributed by atoms with Gasteiger partial charge in [-0.2, -0.15) is 0 Å². The molecule has 20 heavy (non-hydrogen) atoms. The molecule has 1 aromatic rings. The zero-order valence-electron chi connectivity index (χ0n) is 11.7. The Balaban J connectivity index is 1.93. The monoisotopic (exact) mass is 285 g/mol. The predicted octanol–water partition coefficient (Wildman–Crippen LogP) is 2.94. The molecule has 5 heteroatoms. The molecule has 0 bridgehead atoms. The van der Waals surface area contributed by atoms with Crippen molar-refractivity contribution in [3.05, 3.63) is 29.3 Å². The molecule has 0 aromatic heterocycles. The predicted molar refractivity (Wildman–Crippen MR) is 73.5 cm³/mol. The van der Waals surface area contributed by atoms with Gasteiger partial charge >= 0.3 is 0 Å². The maximum atomic E-state index is 12.0. The summed E-state index contributed by atoms with van der Waals surface area (Å²) in [6.45, 7) is 3.44. The molecule has 0 saturated heterocycles. The Bertz CT molecular complexity index is 426. The number of alkyl halides is 2. The molecule has 0 aliphatic carbocycles. The molecule has 0 saturated carbocycles. The molecule has 1 atom stereocenters. The van der Waals surface area contributed by atoms with Crippen LogP contribution in [0.5, 0.6) is 5.75 Å². The van der Waals surface area contributed by atoms with Gasteiger partial charge in [0.15, 0.2) is 0 Å². The summed E-state index contributed by atoms with van der Waals surface area (Å²) in [6.07, 6.45) is -0.783. The van der Waals surface area contributed by atoms with Crippen molar-refractivity contribution in [2.45, 2.75) is 32.2 Å². The molecule has 1 unspecified atom stereocenters. The summed E-state index contributed by atoms with van der Waals surface area (Å²) in [6, 6.07) is 6.29. The quantitative estimate of drug-likeness (QED) is 0.745. The fraction of sp³-hybridized carbons (Fsp3) is 0.600. The highest BCUT2D eigenvalue weighted by Gasteiger charge is 2.16. The molecule has 1 N–H and O–H groups in total. The van der Waals surface area contributed by atoms with Crippen molar-refractivity contribution >= 4 is 0 Å². The molecular weight excluding hydrogens is 264 g/mol. The van der Waals surface area contributed by atoms with Crippen molar-refractivity contribution in [3.63, 3.8) is 0 Å². The number of halogens is 2. The van der Waals surface area contributed by atoms with Crippen LogP contribution >= 0.6 is 0 Å². The van der Waals surface area contributed by atoms with Crippen LogP contribution in [0.1, 0.15) is 30.5 Å². The molecule has 0 fully saturated rings. The zero-order valence-corrected chi connectivity index (χ0v) is 11.7. The van der Waals surface area contributed by atoms with Gasteiger partial charge in [-0.05, 0) is 30.2 Å². The van der Waals surface area contributed by atoms with Gasteiger partial charge in [-0.25, -0.2) is 8.78 Å². The lowest BCUT2D eigenvalue weighted by atomic mass is 10.0. The number of nitrogens with one attached hydrogen (secondary N) is 1. The van der Waals surface area contributed by atoms with Crippen LogP contribution in [0.2, 0.25) is 0 Å². The van der Waals surface area contributed by atoms with Crippen molar-refractivity contribution in [3.8, 4) is 5.75 Å². The molecule has 1 aliphatic heterocycles. The summed E-state index contributed by atoms with van der Waals surface area (Å²) in [7, 11) is 0. The summed E-state index contributed by atoms with van der Waals surface area (Å²) in [4.78, 5) is 0. The van der Waals surface area contributed by atoms with E-state index in [1.165, 1.54) is 5.56 Å². The van der Waals surface area contributed by atoms with Gasteiger partial charge in [-0.15, -0.1) is 0 Å². The molecule has 0 amide bonds. The van der Waals surface area contributed by atoms with Crippen LogP contribution in [-0.2, 0) is 11.2 Å². The highest BCUT2D eigenvalue weighted by molar-refractivity contribution is 5.40. The SMILES string of the molecule is CCNC(CCOCC(F)F)c1ccc2c(c1)CCO2. The van der Waals surface area contributed by atoms with Crippen LogP contribution in [0, 0.1) is 0 Å². The molecule has 0 radical (unpaired) electrons. The van der Waals surface area contributed by atoms with Gasteiger partial charge in [0.1, 0.15) is 12.4 Å². The molecular formula is C15H21F2NO2. The molecule has 2 rings (SSSR count). The first-order valence-corrected chi connectivity index (χ1v) is 7.05. The van der Waals surface area contributed by atoms with E-state index in [0.29, 0.717) is 13.0 Å². The number of hydrogen-bond acceptors (Lipinski definition) is 3. The second-order valence-electron chi connectivity index (χ2n) is 4.83. The summed E-state index contributed by atoms with van der Waals surface area (Å²) < 4.78 is 34.5. The minimum atomic E-state index is -2.40. The van der Waals surface area contributed by atoms with Gasteiger partial charge in [-0.1, -0.05) is 19.1 Å². The first-order valence-electron chi connectivity index (χ1n) is 7.05. The topological polar surface area (TPSA) is 30.5 Å². The summed E-state index contributed by atoms with van der Waals surface area (Å²) >= 11 is 0. The Kier molecular flexibility index (Phi) is 5.73. The fourth-order valence-electron chi connectivity index (χ4n) is 2.43. The Morgan fingerprint density at radius 1 is 1.40 bits per heavy atom. The van der Waals surface area contributed by atoms with E-state index in [4.69, 9.17) is 9.47 Å². The maximum Gasteiger partial charge on any atom is 0.261 e. The molecule has 0 spiro atoms. The Morgan fingerprint density at radius 2 is 2.25 bits per heavy atom. The van der Waals surface area contributed by atoms with Crippen LogP contribution < -0.4 is 10.1 Å². The third-order valence-corrected chi connectivity index (χ3v) is 3.36. The van der Waals surface area contributed by atoms with Crippen molar-refractivity contribution in [2.24, 2.45) is 0 Å². The second kappa shape index (κ2) is 7.55. The van der Waals surface area contributed by atoms with E-state index in [9.17, 15) is 8.78 Å². The van der Waals surface area contributed by atoms with Gasteiger partial charge in [0.05, 0.1) is 6.61 Å². The third kappa shape index (κ3) is 4.15. The van der Waals surface area contributed by atoms with Gasteiger partial charge in [0, 0.05) is 19.1 Å². The van der Waals surface area contributed by atoms with Crippen LogP contribution in [-0.4, -0.2) is 32.8 Å². The van der Waals surface area contributed by atoms with Gasteiger partial charge in [0.2, 0.25) is 0 Å². The zero-order chi connectivity index (χ0) is 14.4. The number of hydrogen-bond donors (Lipinski definition) is 1. The van der Waals surface area contributed by atoms with Crippen molar-refractivity contribution in [1.29, 1.82) is 0 Å². The first-order chi connectivity index (χ1) is 9.70. The van der Waals surface area contributed by atoms with Gasteiger partial charge in [0.25, 0.3) is 6.43 Å². The molecule has 112 valence electrons. The lowest BCUT2D eigenvalue weighted by Crippen LogP contribution is -2.23. The number of rotatable bonds is 8. The summed E-state index contributed by atoms with van der Waals surface area (Å²) in [5.74, 6) is 0.956. The normalized spacial score (nSPS) is 15.2. The van der Waals surface area contributed by atoms with E-state index in [1.54, 1.807) is 0 Å². The van der Waals surface area contributed by atoms with Crippen LogP contribution in [0.4, 0.5) is 8.78 Å². The van der Waals surface area contributed by atoms with E-state index < -0.39 is 13.0 Å². The largest absolute Gasteiger partial charge is 0.493 e. The molecule has 1 aliphatic rings. The van der Waals surface area contributed by atoms with Crippen molar-refractivity contribution in [1.82, 2.24) is 5.32 Å². The molecule has 1 aromatic carbocycles. The van der Waals surface area contributed by atoms with Crippen LogP contribution in [0.3, 0.4) is 0 Å². The lowest BCUT2D eigenvalue weighted by molar-refractivity contribution is 0.0144. The summed E-state index contributed by atoms with van der Waals surface area (Å²) in [5.41, 5.74) is 2.38. The average molecular weight is 285 g/mol. The highest BCUT2D eigenvalue weighted by Crippen LogP contribution is 2.29. The Labute approximate surface area is 118 Å². The Hall–Kier alpha value is -1.20. The fourth-order valence-corrected chi connectivity index (χ4v) is 2.43. The lowest BCUT2D eigenvalue weighted by Gasteiger charge is -2.19. The summed E-state index contributed by atoms with van der Waals surface area (Å²) in [5, 5.41) is 3.37.